The van der Waals surface area contributed by atoms with Gasteiger partial charge in [0.2, 0.25) is 0 Å². The highest BCUT2D eigenvalue weighted by atomic mass is 35.5. The van der Waals surface area contributed by atoms with Crippen LogP contribution in [0.2, 0.25) is 5.15 Å². The number of aryl methyl sites for hydroxylation is 1. The van der Waals surface area contributed by atoms with E-state index in [9.17, 15) is 9.59 Å². The first-order valence-electron chi connectivity index (χ1n) is 4.86. The van der Waals surface area contributed by atoms with E-state index < -0.39 is 0 Å². The maximum absolute atomic E-state index is 11.2. The monoisotopic (exact) mass is 274 g/mol. The van der Waals surface area contributed by atoms with Crippen LogP contribution in [0.15, 0.2) is 5.03 Å². The number of ether oxygens (including phenoxy) is 1. The number of esters is 1. The van der Waals surface area contributed by atoms with Gasteiger partial charge >= 0.3 is 5.97 Å². The van der Waals surface area contributed by atoms with Gasteiger partial charge in [0.25, 0.3) is 0 Å². The quantitative estimate of drug-likeness (QED) is 0.354. The average molecular weight is 275 g/mol. The second-order valence-corrected chi connectivity index (χ2v) is 4.31. The highest BCUT2D eigenvalue weighted by molar-refractivity contribution is 8.00. The Morgan fingerprint density at radius 1 is 1.53 bits per heavy atom. The molecule has 0 saturated heterocycles. The zero-order valence-corrected chi connectivity index (χ0v) is 11.0. The summed E-state index contributed by atoms with van der Waals surface area (Å²) < 4.78 is 4.77. The Hall–Kier alpha value is -1.14. The van der Waals surface area contributed by atoms with Crippen LogP contribution in [0.3, 0.4) is 0 Å². The summed E-state index contributed by atoms with van der Waals surface area (Å²) in [6.07, 6.45) is 0.579. The highest BCUT2D eigenvalue weighted by Gasteiger charge is 2.13. The predicted octanol–water partition coefficient (Wildman–Crippen LogP) is 1.91. The molecule has 92 valence electrons. The van der Waals surface area contributed by atoms with Gasteiger partial charge in [0, 0.05) is 0 Å². The van der Waals surface area contributed by atoms with Crippen LogP contribution in [0.1, 0.15) is 23.1 Å². The van der Waals surface area contributed by atoms with Crippen molar-refractivity contribution in [2.24, 2.45) is 0 Å². The Morgan fingerprint density at radius 2 is 2.24 bits per heavy atom. The summed E-state index contributed by atoms with van der Waals surface area (Å²) in [5, 5.41) is 0.490. The number of thioether (sulfide) groups is 1. The first-order valence-corrected chi connectivity index (χ1v) is 6.22. The molecule has 0 aliphatic rings. The molecule has 0 aliphatic heterocycles. The maximum atomic E-state index is 11.2. The molecule has 0 aromatic carbocycles. The zero-order chi connectivity index (χ0) is 12.8. The lowest BCUT2D eigenvalue weighted by Gasteiger charge is -2.05. The van der Waals surface area contributed by atoms with Crippen molar-refractivity contribution in [1.29, 1.82) is 0 Å². The molecule has 0 spiro atoms. The third-order valence-electron chi connectivity index (χ3n) is 1.73. The van der Waals surface area contributed by atoms with Crippen LogP contribution >= 0.6 is 23.4 Å². The Labute approximate surface area is 108 Å². The lowest BCUT2D eigenvalue weighted by molar-refractivity contribution is -0.139. The number of hydrogen-bond donors (Lipinski definition) is 0. The largest absolute Gasteiger partial charge is 0.465 e. The van der Waals surface area contributed by atoms with E-state index in [1.165, 1.54) is 0 Å². The SMILES string of the molecule is CCOC(=O)CSc1nc(C)nc(Cl)c1C=O. The van der Waals surface area contributed by atoms with Crippen LogP contribution in [0.25, 0.3) is 0 Å². The zero-order valence-electron chi connectivity index (χ0n) is 9.40. The number of aromatic nitrogens is 2. The molecule has 0 amide bonds. The number of carbonyl (C=O) groups is 2. The maximum Gasteiger partial charge on any atom is 0.316 e. The Balaban J connectivity index is 2.83. The molecular formula is C10H11ClN2O3S. The smallest absolute Gasteiger partial charge is 0.316 e. The van der Waals surface area contributed by atoms with Gasteiger partial charge in [-0.3, -0.25) is 9.59 Å². The lowest BCUT2D eigenvalue weighted by atomic mass is 10.4. The van der Waals surface area contributed by atoms with Gasteiger partial charge in [-0.05, 0) is 13.8 Å². The number of carbonyl (C=O) groups excluding carboxylic acids is 2. The minimum Gasteiger partial charge on any atom is -0.465 e. The van der Waals surface area contributed by atoms with Gasteiger partial charge in [-0.25, -0.2) is 9.97 Å². The normalized spacial score (nSPS) is 10.1. The van der Waals surface area contributed by atoms with Crippen molar-refractivity contribution in [2.45, 2.75) is 18.9 Å². The van der Waals surface area contributed by atoms with Crippen molar-refractivity contribution < 1.29 is 14.3 Å². The van der Waals surface area contributed by atoms with E-state index in [0.717, 1.165) is 11.8 Å². The van der Waals surface area contributed by atoms with Crippen LogP contribution in [0.5, 0.6) is 0 Å². The molecule has 0 saturated carbocycles. The minimum absolute atomic E-state index is 0.0848. The highest BCUT2D eigenvalue weighted by Crippen LogP contribution is 2.24. The van der Waals surface area contributed by atoms with Gasteiger partial charge in [0.1, 0.15) is 16.0 Å². The summed E-state index contributed by atoms with van der Waals surface area (Å²) in [6.45, 7) is 3.71. The number of hydrogen-bond acceptors (Lipinski definition) is 6. The van der Waals surface area contributed by atoms with Crippen LogP contribution in [-0.4, -0.2) is 34.6 Å². The van der Waals surface area contributed by atoms with Crippen molar-refractivity contribution in [2.75, 3.05) is 12.4 Å². The van der Waals surface area contributed by atoms with E-state index >= 15 is 0 Å². The van der Waals surface area contributed by atoms with E-state index in [1.807, 2.05) is 0 Å². The fourth-order valence-corrected chi connectivity index (χ4v) is 2.21. The topological polar surface area (TPSA) is 69.2 Å². The molecule has 7 heteroatoms. The predicted molar refractivity (Wildman–Crippen MR) is 64.5 cm³/mol. The van der Waals surface area contributed by atoms with Gasteiger partial charge in [-0.2, -0.15) is 0 Å². The van der Waals surface area contributed by atoms with E-state index in [2.05, 4.69) is 9.97 Å². The number of rotatable bonds is 5. The van der Waals surface area contributed by atoms with Crippen molar-refractivity contribution in [3.8, 4) is 0 Å². The van der Waals surface area contributed by atoms with E-state index in [1.54, 1.807) is 13.8 Å². The van der Waals surface area contributed by atoms with Gasteiger partial charge in [0.05, 0.1) is 17.9 Å². The van der Waals surface area contributed by atoms with Gasteiger partial charge in [-0.1, -0.05) is 23.4 Å². The first-order chi connectivity index (χ1) is 8.08. The summed E-state index contributed by atoms with van der Waals surface area (Å²) >= 11 is 6.91. The summed E-state index contributed by atoms with van der Waals surface area (Å²) in [4.78, 5) is 29.9. The van der Waals surface area contributed by atoms with Crippen LogP contribution in [-0.2, 0) is 9.53 Å². The van der Waals surface area contributed by atoms with E-state index in [-0.39, 0.29) is 22.4 Å². The van der Waals surface area contributed by atoms with Crippen molar-refractivity contribution >= 4 is 35.6 Å². The van der Waals surface area contributed by atoms with Crippen molar-refractivity contribution in [1.82, 2.24) is 9.97 Å². The van der Waals surface area contributed by atoms with Crippen molar-refractivity contribution in [3.05, 3.63) is 16.5 Å². The van der Waals surface area contributed by atoms with Gasteiger partial charge in [0.15, 0.2) is 6.29 Å². The molecule has 0 bridgehead atoms. The molecule has 5 nitrogen and oxygen atoms in total. The lowest BCUT2D eigenvalue weighted by Crippen LogP contribution is -2.08. The summed E-state index contributed by atoms with van der Waals surface area (Å²) in [7, 11) is 0. The molecule has 1 rings (SSSR count). The first kappa shape index (κ1) is 13.9. The van der Waals surface area contributed by atoms with Crippen LogP contribution in [0, 0.1) is 6.92 Å². The third-order valence-corrected chi connectivity index (χ3v) is 2.98. The number of aldehydes is 1. The fraction of sp³-hybridized carbons (Fsp3) is 0.400. The second kappa shape index (κ2) is 6.56. The van der Waals surface area contributed by atoms with Gasteiger partial charge in [-0.15, -0.1) is 0 Å². The number of nitrogens with zero attached hydrogens (tertiary/aromatic N) is 2. The molecule has 0 fully saturated rings. The van der Waals surface area contributed by atoms with E-state index in [4.69, 9.17) is 16.3 Å². The Kier molecular flexibility index (Phi) is 5.37. The van der Waals surface area contributed by atoms with Crippen molar-refractivity contribution in [3.63, 3.8) is 0 Å². The molecule has 1 aromatic rings. The Bertz CT molecular complexity index is 440. The molecule has 17 heavy (non-hydrogen) atoms. The molecule has 0 aliphatic carbocycles. The van der Waals surface area contributed by atoms with E-state index in [0.29, 0.717) is 23.7 Å². The molecule has 0 N–H and O–H groups in total. The molecule has 1 aromatic heterocycles. The van der Waals surface area contributed by atoms with Crippen LogP contribution < -0.4 is 0 Å². The average Bonchev–Trinajstić information content (AvgIpc) is 2.26. The molecular weight excluding hydrogens is 264 g/mol. The summed E-state index contributed by atoms with van der Waals surface area (Å²) in [5.41, 5.74) is 0.201. The second-order valence-electron chi connectivity index (χ2n) is 2.99. The Morgan fingerprint density at radius 3 is 2.82 bits per heavy atom. The standard InChI is InChI=1S/C10H11ClN2O3S/c1-3-16-8(15)5-17-10-7(4-14)9(11)12-6(2)13-10/h4H,3,5H2,1-2H3. The van der Waals surface area contributed by atoms with Crippen LogP contribution in [0.4, 0.5) is 0 Å². The van der Waals surface area contributed by atoms with Gasteiger partial charge < -0.3 is 4.74 Å². The number of halogens is 1. The fourth-order valence-electron chi connectivity index (χ4n) is 1.06. The summed E-state index contributed by atoms with van der Waals surface area (Å²) in [5.74, 6) is 0.176. The minimum atomic E-state index is -0.360. The summed E-state index contributed by atoms with van der Waals surface area (Å²) in [6, 6.07) is 0. The third kappa shape index (κ3) is 3.98. The molecule has 1 heterocycles. The molecule has 0 atom stereocenters. The molecule has 0 unspecified atom stereocenters. The molecule has 0 radical (unpaired) electrons.